The van der Waals surface area contributed by atoms with Gasteiger partial charge in [0.05, 0.1) is 4.90 Å². The molecule has 5 N–H and O–H groups in total. The van der Waals surface area contributed by atoms with E-state index >= 15 is 0 Å². The van der Waals surface area contributed by atoms with Crippen molar-refractivity contribution in [3.05, 3.63) is 65.6 Å². The van der Waals surface area contributed by atoms with E-state index < -0.39 is 10.0 Å². The van der Waals surface area contributed by atoms with Crippen molar-refractivity contribution >= 4 is 26.9 Å². The molecule has 0 spiro atoms. The van der Waals surface area contributed by atoms with E-state index in [0.29, 0.717) is 25.5 Å². The molecule has 0 atom stereocenters. The third-order valence-corrected chi connectivity index (χ3v) is 5.53. The first-order valence-electron chi connectivity index (χ1n) is 9.18. The number of aromatic nitrogens is 1. The van der Waals surface area contributed by atoms with Gasteiger partial charge in [0.25, 0.3) is 0 Å². The number of rotatable bonds is 7. The average Bonchev–Trinajstić information content (AvgIpc) is 3.08. The monoisotopic (exact) mass is 417 g/mol. The van der Waals surface area contributed by atoms with Gasteiger partial charge in [-0.2, -0.15) is 0 Å². The zero-order valence-electron chi connectivity index (χ0n) is 16.1. The van der Waals surface area contributed by atoms with Crippen molar-refractivity contribution in [1.82, 2.24) is 15.6 Å². The van der Waals surface area contributed by atoms with E-state index in [1.54, 1.807) is 25.2 Å². The van der Waals surface area contributed by atoms with Crippen molar-refractivity contribution < 1.29 is 12.8 Å². The maximum Gasteiger partial charge on any atom is 0.238 e. The predicted octanol–water partition coefficient (Wildman–Crippen LogP) is 1.90. The van der Waals surface area contributed by atoms with E-state index in [4.69, 9.17) is 5.14 Å². The summed E-state index contributed by atoms with van der Waals surface area (Å²) < 4.78 is 36.0. The Balaban J connectivity index is 1.46. The molecule has 0 radical (unpaired) electrons. The molecule has 0 unspecified atom stereocenters. The highest BCUT2D eigenvalue weighted by Crippen LogP contribution is 2.19. The van der Waals surface area contributed by atoms with Crippen molar-refractivity contribution in [2.45, 2.75) is 17.7 Å². The number of aromatic amines is 1. The number of benzene rings is 2. The van der Waals surface area contributed by atoms with Crippen molar-refractivity contribution in [1.29, 1.82) is 0 Å². The van der Waals surface area contributed by atoms with E-state index in [1.165, 1.54) is 24.3 Å². The largest absolute Gasteiger partial charge is 0.361 e. The van der Waals surface area contributed by atoms with Crippen LogP contribution in [0.25, 0.3) is 10.9 Å². The molecule has 0 fully saturated rings. The Hall–Kier alpha value is -2.91. The van der Waals surface area contributed by atoms with Crippen LogP contribution in [0.2, 0.25) is 0 Å². The number of hydrogen-bond acceptors (Lipinski definition) is 3. The van der Waals surface area contributed by atoms with Crippen LogP contribution in [-0.2, 0) is 22.9 Å². The van der Waals surface area contributed by atoms with Crippen molar-refractivity contribution in [3.8, 4) is 0 Å². The van der Waals surface area contributed by atoms with Gasteiger partial charge >= 0.3 is 0 Å². The molecular formula is C20H24FN5O2S. The first-order chi connectivity index (χ1) is 13.9. The summed E-state index contributed by atoms with van der Waals surface area (Å²) in [6.07, 6.45) is 3.32. The van der Waals surface area contributed by atoms with E-state index in [2.05, 4.69) is 20.6 Å². The van der Waals surface area contributed by atoms with Gasteiger partial charge in [-0.05, 0) is 54.3 Å². The molecule has 9 heteroatoms. The summed E-state index contributed by atoms with van der Waals surface area (Å²) in [7, 11) is -1.98. The van der Waals surface area contributed by atoms with Crippen molar-refractivity contribution in [3.63, 3.8) is 0 Å². The number of hydrogen-bond donors (Lipinski definition) is 4. The van der Waals surface area contributed by atoms with E-state index in [0.717, 1.165) is 28.5 Å². The minimum Gasteiger partial charge on any atom is -0.361 e. The molecule has 0 amide bonds. The summed E-state index contributed by atoms with van der Waals surface area (Å²) in [5.41, 5.74) is 2.94. The SMILES string of the molecule is CN=C(NCCc1ccc(S(N)(=O)=O)cc1)NCCc1c[nH]c2ccc(F)cc12. The maximum atomic E-state index is 13.5. The van der Waals surface area contributed by atoms with Gasteiger partial charge in [0.15, 0.2) is 5.96 Å². The van der Waals surface area contributed by atoms with Crippen molar-refractivity contribution in [2.75, 3.05) is 20.1 Å². The van der Waals surface area contributed by atoms with E-state index in [-0.39, 0.29) is 10.7 Å². The quantitative estimate of drug-likeness (QED) is 0.347. The smallest absolute Gasteiger partial charge is 0.238 e. The van der Waals surface area contributed by atoms with Gasteiger partial charge < -0.3 is 15.6 Å². The zero-order chi connectivity index (χ0) is 20.9. The molecule has 2 aromatic carbocycles. The lowest BCUT2D eigenvalue weighted by Crippen LogP contribution is -2.39. The Bertz CT molecular complexity index is 1110. The summed E-state index contributed by atoms with van der Waals surface area (Å²) in [5, 5.41) is 12.4. The van der Waals surface area contributed by atoms with Crippen LogP contribution in [0.1, 0.15) is 11.1 Å². The molecule has 0 aliphatic rings. The fraction of sp³-hybridized carbons (Fsp3) is 0.250. The Morgan fingerprint density at radius 1 is 1.10 bits per heavy atom. The number of guanidine groups is 1. The topological polar surface area (TPSA) is 112 Å². The zero-order valence-corrected chi connectivity index (χ0v) is 16.9. The Labute approximate surface area is 169 Å². The Morgan fingerprint density at radius 2 is 1.79 bits per heavy atom. The molecule has 0 aliphatic carbocycles. The Kier molecular flexibility index (Phi) is 6.50. The lowest BCUT2D eigenvalue weighted by molar-refractivity contribution is 0.597. The van der Waals surface area contributed by atoms with Crippen LogP contribution >= 0.6 is 0 Å². The van der Waals surface area contributed by atoms with Gasteiger partial charge in [0.1, 0.15) is 5.82 Å². The lowest BCUT2D eigenvalue weighted by atomic mass is 10.1. The van der Waals surface area contributed by atoms with Crippen LogP contribution < -0.4 is 15.8 Å². The van der Waals surface area contributed by atoms with Gasteiger partial charge in [-0.15, -0.1) is 0 Å². The molecule has 3 aromatic rings. The highest BCUT2D eigenvalue weighted by atomic mass is 32.2. The van der Waals surface area contributed by atoms with Crippen LogP contribution in [0.5, 0.6) is 0 Å². The summed E-state index contributed by atoms with van der Waals surface area (Å²) in [4.78, 5) is 7.44. The van der Waals surface area contributed by atoms with Gasteiger partial charge in [-0.1, -0.05) is 12.1 Å². The molecule has 7 nitrogen and oxygen atoms in total. The number of H-pyrrole nitrogens is 1. The number of halogens is 1. The van der Waals surface area contributed by atoms with Gasteiger partial charge in [-0.3, -0.25) is 4.99 Å². The fourth-order valence-corrected chi connectivity index (χ4v) is 3.58. The minimum absolute atomic E-state index is 0.101. The normalized spacial score (nSPS) is 12.3. The second kappa shape index (κ2) is 9.06. The molecule has 0 saturated carbocycles. The first kappa shape index (κ1) is 20.8. The maximum absolute atomic E-state index is 13.5. The third kappa shape index (κ3) is 5.55. The average molecular weight is 418 g/mol. The number of fused-ring (bicyclic) bond motifs is 1. The Morgan fingerprint density at radius 3 is 2.45 bits per heavy atom. The number of sulfonamides is 1. The summed E-state index contributed by atoms with van der Waals surface area (Å²) >= 11 is 0. The summed E-state index contributed by atoms with van der Waals surface area (Å²) in [6.45, 7) is 1.28. The van der Waals surface area contributed by atoms with E-state index in [1.807, 2.05) is 6.20 Å². The summed E-state index contributed by atoms with van der Waals surface area (Å²) in [5.74, 6) is 0.415. The van der Waals surface area contributed by atoms with Gasteiger partial charge in [0, 0.05) is 37.2 Å². The highest BCUT2D eigenvalue weighted by molar-refractivity contribution is 7.89. The number of primary sulfonamides is 1. The predicted molar refractivity (Wildman–Crippen MR) is 113 cm³/mol. The standard InChI is InChI=1S/C20H24FN5O2S/c1-23-20(24-10-8-14-2-5-17(6-3-14)29(22,27)28)25-11-9-15-13-26-19-7-4-16(21)12-18(15)19/h2-7,12-13,26H,8-11H2,1H3,(H2,22,27,28)(H2,23,24,25). The second-order valence-electron chi connectivity index (χ2n) is 6.62. The first-order valence-corrected chi connectivity index (χ1v) is 10.7. The highest BCUT2D eigenvalue weighted by Gasteiger charge is 2.07. The van der Waals surface area contributed by atoms with E-state index in [9.17, 15) is 12.8 Å². The number of nitrogens with zero attached hydrogens (tertiary/aromatic N) is 1. The molecule has 0 aliphatic heterocycles. The lowest BCUT2D eigenvalue weighted by Gasteiger charge is -2.12. The second-order valence-corrected chi connectivity index (χ2v) is 8.18. The minimum atomic E-state index is -3.67. The van der Waals surface area contributed by atoms with Gasteiger partial charge in [-0.25, -0.2) is 17.9 Å². The fourth-order valence-electron chi connectivity index (χ4n) is 3.06. The molecule has 1 aromatic heterocycles. The molecule has 1 heterocycles. The third-order valence-electron chi connectivity index (χ3n) is 4.60. The molecule has 29 heavy (non-hydrogen) atoms. The van der Waals surface area contributed by atoms with Crippen LogP contribution in [0.4, 0.5) is 4.39 Å². The number of nitrogens with one attached hydrogen (secondary N) is 3. The van der Waals surface area contributed by atoms with Crippen LogP contribution in [0.3, 0.4) is 0 Å². The van der Waals surface area contributed by atoms with Crippen LogP contribution in [-0.4, -0.2) is 39.5 Å². The number of aliphatic imine (C=N–C) groups is 1. The molecule has 0 saturated heterocycles. The summed E-state index contributed by atoms with van der Waals surface area (Å²) in [6, 6.07) is 11.2. The van der Waals surface area contributed by atoms with Gasteiger partial charge in [0.2, 0.25) is 10.0 Å². The molecule has 3 rings (SSSR count). The molecule has 154 valence electrons. The molecular weight excluding hydrogens is 393 g/mol. The molecule has 0 bridgehead atoms. The van der Waals surface area contributed by atoms with Crippen molar-refractivity contribution in [2.24, 2.45) is 10.1 Å². The van der Waals surface area contributed by atoms with Crippen LogP contribution in [0.15, 0.2) is 58.5 Å². The number of nitrogens with two attached hydrogens (primary N) is 1. The van der Waals surface area contributed by atoms with Crippen LogP contribution in [0, 0.1) is 5.82 Å².